The molecular formula is C20H12Br2N2O2S. The van der Waals surface area contributed by atoms with Crippen molar-refractivity contribution in [3.63, 3.8) is 0 Å². The van der Waals surface area contributed by atoms with Gasteiger partial charge in [-0.05, 0) is 79.2 Å². The van der Waals surface area contributed by atoms with Crippen LogP contribution < -0.4 is 0 Å². The minimum Gasteiger partial charge on any atom is -0.506 e. The zero-order chi connectivity index (χ0) is 19.0. The molecule has 2 heterocycles. The average Bonchev–Trinajstić information content (AvgIpc) is 3.32. The Bertz CT molecular complexity index is 1120. The van der Waals surface area contributed by atoms with Gasteiger partial charge in [0, 0.05) is 0 Å². The molecule has 0 amide bonds. The van der Waals surface area contributed by atoms with Crippen LogP contribution in [-0.2, 0) is 0 Å². The molecule has 0 aliphatic heterocycles. The normalized spacial score (nSPS) is 11.9. The van der Waals surface area contributed by atoms with Crippen LogP contribution in [0.25, 0.3) is 22.7 Å². The SMILES string of the molecule is O=C(C(=Cc1cc(Br)c(O)c(Br)c1)c1nc2ccccc2[nH]1)c1cccs1. The number of carbonyl (C=O) groups is 1. The molecule has 27 heavy (non-hydrogen) atoms. The Balaban J connectivity index is 1.89. The Morgan fingerprint density at radius 2 is 1.85 bits per heavy atom. The van der Waals surface area contributed by atoms with Crippen LogP contribution in [0.3, 0.4) is 0 Å². The van der Waals surface area contributed by atoms with Gasteiger partial charge in [0.15, 0.2) is 0 Å². The van der Waals surface area contributed by atoms with Crippen LogP contribution in [0.5, 0.6) is 5.75 Å². The van der Waals surface area contributed by atoms with Gasteiger partial charge in [0.25, 0.3) is 0 Å². The smallest absolute Gasteiger partial charge is 0.206 e. The Hall–Kier alpha value is -2.22. The molecule has 2 N–H and O–H groups in total. The fraction of sp³-hybridized carbons (Fsp3) is 0. The second kappa shape index (κ2) is 7.42. The number of hydrogen-bond donors (Lipinski definition) is 2. The van der Waals surface area contributed by atoms with E-state index in [-0.39, 0.29) is 11.5 Å². The lowest BCUT2D eigenvalue weighted by Crippen LogP contribution is -2.02. The minimum absolute atomic E-state index is 0.107. The third-order valence-corrected chi connectivity index (χ3v) is 6.06. The average molecular weight is 504 g/mol. The molecule has 134 valence electrons. The summed E-state index contributed by atoms with van der Waals surface area (Å²) < 4.78 is 1.08. The van der Waals surface area contributed by atoms with Gasteiger partial charge in [0.2, 0.25) is 5.78 Å². The molecule has 0 radical (unpaired) electrons. The van der Waals surface area contributed by atoms with Gasteiger partial charge < -0.3 is 10.1 Å². The van der Waals surface area contributed by atoms with E-state index in [4.69, 9.17) is 0 Å². The van der Waals surface area contributed by atoms with E-state index in [1.807, 2.05) is 35.7 Å². The fourth-order valence-corrected chi connectivity index (χ4v) is 4.60. The summed E-state index contributed by atoms with van der Waals surface area (Å²) in [5, 5.41) is 11.8. The maximum absolute atomic E-state index is 13.1. The predicted molar refractivity (Wildman–Crippen MR) is 116 cm³/mol. The van der Waals surface area contributed by atoms with Crippen molar-refractivity contribution >= 4 is 71.7 Å². The topological polar surface area (TPSA) is 66.0 Å². The van der Waals surface area contributed by atoms with Gasteiger partial charge in [-0.2, -0.15) is 0 Å². The monoisotopic (exact) mass is 502 g/mol. The number of benzene rings is 2. The van der Waals surface area contributed by atoms with Gasteiger partial charge in [-0.1, -0.05) is 18.2 Å². The minimum atomic E-state index is -0.107. The number of nitrogens with one attached hydrogen (secondary N) is 1. The van der Waals surface area contributed by atoms with E-state index in [0.29, 0.717) is 25.2 Å². The Morgan fingerprint density at radius 3 is 2.52 bits per heavy atom. The number of rotatable bonds is 4. The summed E-state index contributed by atoms with van der Waals surface area (Å²) in [5.41, 5.74) is 2.88. The molecule has 4 nitrogen and oxygen atoms in total. The van der Waals surface area contributed by atoms with Crippen LogP contribution in [-0.4, -0.2) is 20.9 Å². The van der Waals surface area contributed by atoms with Crippen molar-refractivity contribution in [3.05, 3.63) is 79.1 Å². The summed E-state index contributed by atoms with van der Waals surface area (Å²) in [6.07, 6.45) is 1.77. The lowest BCUT2D eigenvalue weighted by Gasteiger charge is -2.06. The highest BCUT2D eigenvalue weighted by molar-refractivity contribution is 9.11. The number of halogens is 2. The highest BCUT2D eigenvalue weighted by Crippen LogP contribution is 2.35. The number of imidazole rings is 1. The lowest BCUT2D eigenvalue weighted by molar-refractivity contribution is 0.106. The second-order valence-electron chi connectivity index (χ2n) is 5.80. The number of aromatic hydroxyl groups is 1. The first-order valence-electron chi connectivity index (χ1n) is 7.96. The van der Waals surface area contributed by atoms with E-state index in [9.17, 15) is 9.90 Å². The van der Waals surface area contributed by atoms with E-state index in [0.717, 1.165) is 16.6 Å². The van der Waals surface area contributed by atoms with Crippen molar-refractivity contribution in [2.24, 2.45) is 0 Å². The first-order chi connectivity index (χ1) is 13.0. The second-order valence-corrected chi connectivity index (χ2v) is 8.46. The number of fused-ring (bicyclic) bond motifs is 1. The van der Waals surface area contributed by atoms with E-state index >= 15 is 0 Å². The zero-order valence-electron chi connectivity index (χ0n) is 13.7. The van der Waals surface area contributed by atoms with E-state index in [1.54, 1.807) is 24.3 Å². The number of thiophene rings is 1. The van der Waals surface area contributed by atoms with Crippen LogP contribution in [0, 0.1) is 0 Å². The molecule has 2 aromatic heterocycles. The number of allylic oxidation sites excluding steroid dienone is 1. The molecule has 0 unspecified atom stereocenters. The number of Topliss-reactive ketones (excluding diaryl/α,β-unsaturated/α-hetero) is 1. The van der Waals surface area contributed by atoms with Crippen molar-refractivity contribution in [2.45, 2.75) is 0 Å². The number of ketones is 1. The van der Waals surface area contributed by atoms with Crippen LogP contribution in [0.2, 0.25) is 0 Å². The van der Waals surface area contributed by atoms with Gasteiger partial charge in [-0.3, -0.25) is 4.79 Å². The quantitative estimate of drug-likeness (QED) is 0.254. The van der Waals surface area contributed by atoms with Crippen molar-refractivity contribution in [1.82, 2.24) is 9.97 Å². The van der Waals surface area contributed by atoms with Crippen molar-refractivity contribution in [3.8, 4) is 5.75 Å². The molecule has 0 saturated carbocycles. The number of nitrogens with zero attached hydrogens (tertiary/aromatic N) is 1. The van der Waals surface area contributed by atoms with Crippen LogP contribution >= 0.6 is 43.2 Å². The first-order valence-corrected chi connectivity index (χ1v) is 10.4. The summed E-state index contributed by atoms with van der Waals surface area (Å²) in [6, 6.07) is 14.8. The van der Waals surface area contributed by atoms with Crippen LogP contribution in [0.15, 0.2) is 62.9 Å². The van der Waals surface area contributed by atoms with Gasteiger partial charge in [0.1, 0.15) is 11.6 Å². The predicted octanol–water partition coefficient (Wildman–Crippen LogP) is 6.28. The third-order valence-electron chi connectivity index (χ3n) is 3.98. The van der Waals surface area contributed by atoms with Crippen molar-refractivity contribution in [1.29, 1.82) is 0 Å². The number of H-pyrrole nitrogens is 1. The van der Waals surface area contributed by atoms with Gasteiger partial charge >= 0.3 is 0 Å². The molecule has 0 aliphatic carbocycles. The summed E-state index contributed by atoms with van der Waals surface area (Å²) in [6.45, 7) is 0. The standard InChI is InChI=1S/C20H12Br2N2O2S/c21-13-9-11(10-14(22)19(13)26)8-12(18(25)17-6-3-7-27-17)20-23-15-4-1-2-5-16(15)24-20/h1-10,26H,(H,23,24). The first kappa shape index (κ1) is 18.2. The maximum atomic E-state index is 13.1. The number of phenolic OH excluding ortho intramolecular Hbond substituents is 1. The maximum Gasteiger partial charge on any atom is 0.206 e. The van der Waals surface area contributed by atoms with Gasteiger partial charge in [0.05, 0.1) is 30.4 Å². The number of aromatic amines is 1. The highest BCUT2D eigenvalue weighted by Gasteiger charge is 2.19. The fourth-order valence-electron chi connectivity index (χ4n) is 2.70. The molecule has 4 rings (SSSR count). The Kier molecular flexibility index (Phi) is 4.99. The Morgan fingerprint density at radius 1 is 1.11 bits per heavy atom. The molecule has 0 aliphatic rings. The number of phenols is 1. The van der Waals surface area contributed by atoms with Crippen LogP contribution in [0.4, 0.5) is 0 Å². The number of hydrogen-bond acceptors (Lipinski definition) is 4. The largest absolute Gasteiger partial charge is 0.506 e. The molecular weight excluding hydrogens is 492 g/mol. The van der Waals surface area contributed by atoms with Crippen LogP contribution in [0.1, 0.15) is 21.1 Å². The Labute approximate surface area is 175 Å². The molecule has 0 bridgehead atoms. The molecule has 0 spiro atoms. The number of aromatic nitrogens is 2. The molecule has 2 aromatic carbocycles. The highest BCUT2D eigenvalue weighted by atomic mass is 79.9. The third kappa shape index (κ3) is 3.63. The molecule has 4 aromatic rings. The van der Waals surface area contributed by atoms with Crippen molar-refractivity contribution in [2.75, 3.05) is 0 Å². The summed E-state index contributed by atoms with van der Waals surface area (Å²) in [7, 11) is 0. The molecule has 0 saturated heterocycles. The number of carbonyl (C=O) groups excluding carboxylic acids is 1. The molecule has 0 fully saturated rings. The summed E-state index contributed by atoms with van der Waals surface area (Å²) in [5.74, 6) is 0.515. The molecule has 0 atom stereocenters. The summed E-state index contributed by atoms with van der Waals surface area (Å²) in [4.78, 5) is 21.6. The van der Waals surface area contributed by atoms with E-state index in [1.165, 1.54) is 11.3 Å². The lowest BCUT2D eigenvalue weighted by atomic mass is 10.1. The van der Waals surface area contributed by atoms with Gasteiger partial charge in [-0.25, -0.2) is 4.98 Å². The zero-order valence-corrected chi connectivity index (χ0v) is 17.7. The number of para-hydroxylation sites is 2. The van der Waals surface area contributed by atoms with Crippen molar-refractivity contribution < 1.29 is 9.90 Å². The van der Waals surface area contributed by atoms with Gasteiger partial charge in [-0.15, -0.1) is 11.3 Å². The van der Waals surface area contributed by atoms with E-state index < -0.39 is 0 Å². The molecule has 7 heteroatoms. The summed E-state index contributed by atoms with van der Waals surface area (Å²) >= 11 is 8.05. The van der Waals surface area contributed by atoms with E-state index in [2.05, 4.69) is 41.8 Å².